The number of pyridine rings is 1. The van der Waals surface area contributed by atoms with E-state index in [2.05, 4.69) is 9.72 Å². The second-order valence-corrected chi connectivity index (χ2v) is 4.01. The molecule has 2 aromatic rings. The van der Waals surface area contributed by atoms with Crippen LogP contribution in [-0.4, -0.2) is 24.3 Å². The number of rotatable bonds is 5. The minimum absolute atomic E-state index is 0.254. The molecule has 0 aliphatic heterocycles. The number of aldehydes is 1. The minimum Gasteiger partial charge on any atom is -0.487 e. The maximum Gasteiger partial charge on any atom is 0.339 e. The van der Waals surface area contributed by atoms with Crippen molar-refractivity contribution in [1.82, 2.24) is 4.98 Å². The average Bonchev–Trinajstić information content (AvgIpc) is 2.53. The van der Waals surface area contributed by atoms with Crippen molar-refractivity contribution in [2.75, 3.05) is 7.11 Å². The van der Waals surface area contributed by atoms with Crippen LogP contribution in [0.1, 0.15) is 26.4 Å². The third-order valence-corrected chi connectivity index (χ3v) is 2.63. The zero-order valence-corrected chi connectivity index (χ0v) is 10.9. The topological polar surface area (TPSA) is 65.5 Å². The molecule has 0 spiro atoms. The van der Waals surface area contributed by atoms with Crippen LogP contribution >= 0.6 is 0 Å². The van der Waals surface area contributed by atoms with Crippen molar-refractivity contribution in [1.29, 1.82) is 0 Å². The molecule has 0 fully saturated rings. The molecule has 0 saturated carbocycles. The first-order valence-electron chi connectivity index (χ1n) is 5.94. The summed E-state index contributed by atoms with van der Waals surface area (Å²) in [6, 6.07) is 10.2. The van der Waals surface area contributed by atoms with Crippen LogP contribution in [0, 0.1) is 0 Å². The molecule has 20 heavy (non-hydrogen) atoms. The fourth-order valence-electron chi connectivity index (χ4n) is 1.58. The number of methoxy groups -OCH3 is 1. The summed E-state index contributed by atoms with van der Waals surface area (Å²) in [6.07, 6.45) is 2.20. The molecule has 102 valence electrons. The monoisotopic (exact) mass is 271 g/mol. The van der Waals surface area contributed by atoms with Gasteiger partial charge >= 0.3 is 5.97 Å². The van der Waals surface area contributed by atoms with E-state index in [1.807, 2.05) is 0 Å². The Bertz CT molecular complexity index is 608. The number of aromatic nitrogens is 1. The summed E-state index contributed by atoms with van der Waals surface area (Å²) in [5.41, 5.74) is 1.62. The highest BCUT2D eigenvalue weighted by molar-refractivity contribution is 5.88. The molecule has 1 heterocycles. The van der Waals surface area contributed by atoms with E-state index in [1.54, 1.807) is 36.4 Å². The maximum atomic E-state index is 11.2. The van der Waals surface area contributed by atoms with Gasteiger partial charge in [-0.25, -0.2) is 4.79 Å². The molecule has 0 aliphatic carbocycles. The maximum absolute atomic E-state index is 11.2. The molecule has 5 heteroatoms. The van der Waals surface area contributed by atoms with E-state index >= 15 is 0 Å². The van der Waals surface area contributed by atoms with E-state index in [0.717, 1.165) is 6.29 Å². The van der Waals surface area contributed by atoms with Gasteiger partial charge in [-0.3, -0.25) is 9.78 Å². The molecule has 0 bridgehead atoms. The van der Waals surface area contributed by atoms with Crippen LogP contribution in [0.5, 0.6) is 5.75 Å². The summed E-state index contributed by atoms with van der Waals surface area (Å²) in [4.78, 5) is 26.0. The van der Waals surface area contributed by atoms with E-state index in [4.69, 9.17) is 4.74 Å². The number of nitrogens with zero attached hydrogens (tertiary/aromatic N) is 1. The first kappa shape index (κ1) is 13.7. The summed E-state index contributed by atoms with van der Waals surface area (Å²) in [6.45, 7) is 0.254. The summed E-state index contributed by atoms with van der Waals surface area (Å²) in [5, 5.41) is 0. The van der Waals surface area contributed by atoms with Crippen LogP contribution in [0.15, 0.2) is 42.6 Å². The second-order valence-electron chi connectivity index (χ2n) is 4.01. The number of ether oxygens (including phenoxy) is 2. The van der Waals surface area contributed by atoms with E-state index < -0.39 is 5.97 Å². The molecule has 0 saturated heterocycles. The molecular weight excluding hydrogens is 258 g/mol. The van der Waals surface area contributed by atoms with Crippen molar-refractivity contribution >= 4 is 12.3 Å². The minimum atomic E-state index is -0.427. The van der Waals surface area contributed by atoms with Crippen molar-refractivity contribution in [2.45, 2.75) is 6.61 Å². The van der Waals surface area contributed by atoms with E-state index in [1.165, 1.54) is 13.3 Å². The number of hydrogen-bond donors (Lipinski definition) is 0. The Kier molecular flexibility index (Phi) is 4.44. The Morgan fingerprint density at radius 1 is 1.30 bits per heavy atom. The number of benzene rings is 1. The van der Waals surface area contributed by atoms with Gasteiger partial charge in [0, 0.05) is 11.8 Å². The lowest BCUT2D eigenvalue weighted by Crippen LogP contribution is -2.04. The molecule has 0 N–H and O–H groups in total. The number of esters is 1. The molecule has 0 atom stereocenters. The Labute approximate surface area is 116 Å². The Hall–Kier alpha value is -2.69. The van der Waals surface area contributed by atoms with Gasteiger partial charge in [0.15, 0.2) is 0 Å². The average molecular weight is 271 g/mol. The number of hydrogen-bond acceptors (Lipinski definition) is 5. The molecule has 0 radical (unpaired) electrons. The summed E-state index contributed by atoms with van der Waals surface area (Å²) < 4.78 is 10.1. The number of carbonyl (C=O) groups excluding carboxylic acids is 2. The van der Waals surface area contributed by atoms with E-state index in [9.17, 15) is 9.59 Å². The molecule has 0 amide bonds. The fourth-order valence-corrected chi connectivity index (χ4v) is 1.58. The smallest absolute Gasteiger partial charge is 0.339 e. The first-order chi connectivity index (χ1) is 9.72. The van der Waals surface area contributed by atoms with Crippen molar-refractivity contribution in [3.8, 4) is 5.75 Å². The van der Waals surface area contributed by atoms with Crippen LogP contribution < -0.4 is 4.74 Å². The Morgan fingerprint density at radius 3 is 2.80 bits per heavy atom. The lowest BCUT2D eigenvalue weighted by molar-refractivity contribution is 0.0600. The summed E-state index contributed by atoms with van der Waals surface area (Å²) in [7, 11) is 1.32. The van der Waals surface area contributed by atoms with Crippen LogP contribution in [0.2, 0.25) is 0 Å². The van der Waals surface area contributed by atoms with Crippen LogP contribution in [0.3, 0.4) is 0 Å². The van der Waals surface area contributed by atoms with Gasteiger partial charge in [0.1, 0.15) is 18.6 Å². The summed E-state index contributed by atoms with van der Waals surface area (Å²) in [5.74, 6) is 0.164. The highest BCUT2D eigenvalue weighted by Crippen LogP contribution is 2.13. The molecule has 2 rings (SSSR count). The van der Waals surface area contributed by atoms with Gasteiger partial charge in [0.05, 0.1) is 18.4 Å². The number of carbonyl (C=O) groups is 2. The fraction of sp³-hybridized carbons (Fsp3) is 0.133. The second kappa shape index (κ2) is 6.47. The third-order valence-electron chi connectivity index (χ3n) is 2.63. The van der Waals surface area contributed by atoms with Gasteiger partial charge in [-0.15, -0.1) is 0 Å². The predicted octanol–water partition coefficient (Wildman–Crippen LogP) is 2.26. The summed E-state index contributed by atoms with van der Waals surface area (Å²) >= 11 is 0. The molecule has 0 aliphatic rings. The van der Waals surface area contributed by atoms with E-state index in [-0.39, 0.29) is 6.61 Å². The van der Waals surface area contributed by atoms with Gasteiger partial charge in [0.2, 0.25) is 0 Å². The van der Waals surface area contributed by atoms with Crippen molar-refractivity contribution in [3.05, 3.63) is 59.4 Å². The van der Waals surface area contributed by atoms with E-state index in [0.29, 0.717) is 22.6 Å². The Balaban J connectivity index is 2.00. The lowest BCUT2D eigenvalue weighted by atomic mass is 10.2. The van der Waals surface area contributed by atoms with Gasteiger partial charge in [0.25, 0.3) is 0 Å². The standard InChI is InChI=1S/C15H13NO4/c1-19-15(18)12-5-6-13(16-8-12)10-20-14-4-2-3-11(7-14)9-17/h2-9H,10H2,1H3. The lowest BCUT2D eigenvalue weighted by Gasteiger charge is -2.06. The molecule has 0 unspecified atom stereocenters. The van der Waals surface area contributed by atoms with Gasteiger partial charge in [-0.1, -0.05) is 12.1 Å². The first-order valence-corrected chi connectivity index (χ1v) is 5.94. The highest BCUT2D eigenvalue weighted by atomic mass is 16.5. The normalized spacial score (nSPS) is 9.85. The SMILES string of the molecule is COC(=O)c1ccc(COc2cccc(C=O)c2)nc1. The largest absolute Gasteiger partial charge is 0.487 e. The predicted molar refractivity (Wildman–Crippen MR) is 71.7 cm³/mol. The van der Waals surface area contributed by atoms with Crippen LogP contribution in [0.4, 0.5) is 0 Å². The van der Waals surface area contributed by atoms with Crippen LogP contribution in [-0.2, 0) is 11.3 Å². The zero-order chi connectivity index (χ0) is 14.4. The van der Waals surface area contributed by atoms with Crippen molar-refractivity contribution in [2.24, 2.45) is 0 Å². The molecule has 5 nitrogen and oxygen atoms in total. The molecule has 1 aromatic carbocycles. The molecular formula is C15H13NO4. The highest BCUT2D eigenvalue weighted by Gasteiger charge is 2.05. The van der Waals surface area contributed by atoms with Gasteiger partial charge < -0.3 is 9.47 Å². The van der Waals surface area contributed by atoms with Gasteiger partial charge in [-0.05, 0) is 24.3 Å². The van der Waals surface area contributed by atoms with Gasteiger partial charge in [-0.2, -0.15) is 0 Å². The van der Waals surface area contributed by atoms with Crippen LogP contribution in [0.25, 0.3) is 0 Å². The van der Waals surface area contributed by atoms with Crippen molar-refractivity contribution < 1.29 is 19.1 Å². The zero-order valence-electron chi connectivity index (χ0n) is 10.9. The molecule has 1 aromatic heterocycles. The third kappa shape index (κ3) is 3.41. The van der Waals surface area contributed by atoms with Crippen molar-refractivity contribution in [3.63, 3.8) is 0 Å². The Morgan fingerprint density at radius 2 is 2.15 bits per heavy atom. The quantitative estimate of drug-likeness (QED) is 0.616.